The Labute approximate surface area is 112 Å². The van der Waals surface area contributed by atoms with Gasteiger partial charge in [-0.05, 0) is 30.8 Å². The minimum absolute atomic E-state index is 0.0912. The lowest BCUT2D eigenvalue weighted by Gasteiger charge is -2.31. The molecule has 19 heavy (non-hydrogen) atoms. The second-order valence-corrected chi connectivity index (χ2v) is 4.62. The van der Waals surface area contributed by atoms with Crippen LogP contribution in [0.25, 0.3) is 6.08 Å². The van der Waals surface area contributed by atoms with Crippen molar-refractivity contribution in [2.45, 2.75) is 0 Å². The van der Waals surface area contributed by atoms with E-state index >= 15 is 0 Å². The normalized spacial score (nSPS) is 16.8. The molecule has 0 bridgehead atoms. The van der Waals surface area contributed by atoms with Crippen molar-refractivity contribution in [3.05, 3.63) is 41.8 Å². The number of hydrogen-bond donors (Lipinski definition) is 1. The molecule has 1 aliphatic rings. The van der Waals surface area contributed by atoms with E-state index in [0.717, 1.165) is 31.7 Å². The van der Waals surface area contributed by atoms with E-state index in [1.54, 1.807) is 29.3 Å². The van der Waals surface area contributed by atoms with E-state index in [0.29, 0.717) is 0 Å². The van der Waals surface area contributed by atoms with Crippen LogP contribution in [0, 0.1) is 5.82 Å². The molecule has 1 heterocycles. The zero-order valence-electron chi connectivity index (χ0n) is 11.0. The molecule has 0 radical (unpaired) electrons. The van der Waals surface area contributed by atoms with Crippen molar-refractivity contribution >= 4 is 12.1 Å². The van der Waals surface area contributed by atoms with Crippen LogP contribution in [0.1, 0.15) is 5.56 Å². The molecule has 1 fully saturated rings. The number of hydrogen-bond acceptors (Lipinski definition) is 2. The SMILES string of the molecule is CN1CCN(C(=O)N/C=C/c2ccc(F)cc2)CC1. The Balaban J connectivity index is 1.81. The van der Waals surface area contributed by atoms with Crippen molar-refractivity contribution in [3.63, 3.8) is 0 Å². The highest BCUT2D eigenvalue weighted by atomic mass is 19.1. The molecular formula is C14H18FN3O. The summed E-state index contributed by atoms with van der Waals surface area (Å²) in [4.78, 5) is 15.8. The molecule has 1 aliphatic heterocycles. The Kier molecular flexibility index (Phi) is 4.52. The molecule has 1 aromatic carbocycles. The Morgan fingerprint density at radius 2 is 1.84 bits per heavy atom. The van der Waals surface area contributed by atoms with E-state index in [4.69, 9.17) is 0 Å². The maximum Gasteiger partial charge on any atom is 0.321 e. The van der Waals surface area contributed by atoms with Gasteiger partial charge in [0.1, 0.15) is 5.82 Å². The Bertz CT molecular complexity index is 450. The number of carbonyl (C=O) groups is 1. The van der Waals surface area contributed by atoms with Crippen LogP contribution in [0.15, 0.2) is 30.5 Å². The van der Waals surface area contributed by atoms with Crippen LogP contribution >= 0.6 is 0 Å². The zero-order chi connectivity index (χ0) is 13.7. The monoisotopic (exact) mass is 263 g/mol. The minimum atomic E-state index is -0.265. The summed E-state index contributed by atoms with van der Waals surface area (Å²) in [6.07, 6.45) is 3.33. The van der Waals surface area contributed by atoms with E-state index in [1.807, 2.05) is 7.05 Å². The summed E-state index contributed by atoms with van der Waals surface area (Å²) in [7, 11) is 2.05. The van der Waals surface area contributed by atoms with Crippen molar-refractivity contribution in [2.75, 3.05) is 33.2 Å². The molecule has 0 unspecified atom stereocenters. The van der Waals surface area contributed by atoms with Gasteiger partial charge in [0.25, 0.3) is 0 Å². The van der Waals surface area contributed by atoms with Crippen molar-refractivity contribution in [1.29, 1.82) is 0 Å². The summed E-state index contributed by atoms with van der Waals surface area (Å²) in [6.45, 7) is 3.28. The maximum absolute atomic E-state index is 12.7. The van der Waals surface area contributed by atoms with Gasteiger partial charge in [-0.25, -0.2) is 9.18 Å². The fourth-order valence-electron chi connectivity index (χ4n) is 1.88. The summed E-state index contributed by atoms with van der Waals surface area (Å²) < 4.78 is 12.7. The molecule has 5 heteroatoms. The third kappa shape index (κ3) is 4.06. The van der Waals surface area contributed by atoms with Crippen LogP contribution in [0.5, 0.6) is 0 Å². The highest BCUT2D eigenvalue weighted by Crippen LogP contribution is 2.04. The van der Waals surface area contributed by atoms with Crippen molar-refractivity contribution < 1.29 is 9.18 Å². The summed E-state index contributed by atoms with van der Waals surface area (Å²) in [5.41, 5.74) is 0.847. The zero-order valence-corrected chi connectivity index (χ0v) is 11.0. The van der Waals surface area contributed by atoms with Gasteiger partial charge in [-0.2, -0.15) is 0 Å². The first-order valence-electron chi connectivity index (χ1n) is 6.31. The van der Waals surface area contributed by atoms with Crippen LogP contribution in [0.2, 0.25) is 0 Å². The fourth-order valence-corrected chi connectivity index (χ4v) is 1.88. The van der Waals surface area contributed by atoms with Gasteiger partial charge in [0.05, 0.1) is 0 Å². The van der Waals surface area contributed by atoms with Gasteiger partial charge in [-0.3, -0.25) is 0 Å². The molecule has 2 amide bonds. The number of urea groups is 1. The number of nitrogens with one attached hydrogen (secondary N) is 1. The highest BCUT2D eigenvalue weighted by Gasteiger charge is 2.17. The molecule has 1 aromatic rings. The number of halogens is 1. The third-order valence-electron chi connectivity index (χ3n) is 3.14. The van der Waals surface area contributed by atoms with E-state index in [1.165, 1.54) is 12.1 Å². The lowest BCUT2D eigenvalue weighted by Crippen LogP contribution is -2.49. The van der Waals surface area contributed by atoms with Gasteiger partial charge in [0.15, 0.2) is 0 Å². The van der Waals surface area contributed by atoms with E-state index in [-0.39, 0.29) is 11.8 Å². The molecule has 0 aromatic heterocycles. The third-order valence-corrected chi connectivity index (χ3v) is 3.14. The molecule has 1 saturated heterocycles. The van der Waals surface area contributed by atoms with Crippen molar-refractivity contribution in [1.82, 2.24) is 15.1 Å². The van der Waals surface area contributed by atoms with Gasteiger partial charge < -0.3 is 15.1 Å². The Morgan fingerprint density at radius 1 is 1.21 bits per heavy atom. The van der Waals surface area contributed by atoms with E-state index in [2.05, 4.69) is 10.2 Å². The number of piperazine rings is 1. The molecule has 4 nitrogen and oxygen atoms in total. The molecular weight excluding hydrogens is 245 g/mol. The second kappa shape index (κ2) is 6.33. The van der Waals surface area contributed by atoms with Gasteiger partial charge in [-0.1, -0.05) is 12.1 Å². The standard InChI is InChI=1S/C14H18FN3O/c1-17-8-10-18(11-9-17)14(19)16-7-6-12-2-4-13(15)5-3-12/h2-7H,8-11H2,1H3,(H,16,19)/b7-6+. The quantitative estimate of drug-likeness (QED) is 0.882. The van der Waals surface area contributed by atoms with Crippen LogP contribution < -0.4 is 5.32 Å². The van der Waals surface area contributed by atoms with Gasteiger partial charge in [-0.15, -0.1) is 0 Å². The highest BCUT2D eigenvalue weighted by molar-refractivity contribution is 5.76. The minimum Gasteiger partial charge on any atom is -0.322 e. The first-order valence-corrected chi connectivity index (χ1v) is 6.31. The smallest absolute Gasteiger partial charge is 0.321 e. The average Bonchev–Trinajstić information content (AvgIpc) is 2.41. The van der Waals surface area contributed by atoms with Crippen molar-refractivity contribution in [3.8, 4) is 0 Å². The molecule has 0 atom stereocenters. The number of benzene rings is 1. The largest absolute Gasteiger partial charge is 0.322 e. The molecule has 2 rings (SSSR count). The van der Waals surface area contributed by atoms with Crippen LogP contribution in [-0.4, -0.2) is 49.1 Å². The van der Waals surface area contributed by atoms with Crippen LogP contribution in [-0.2, 0) is 0 Å². The van der Waals surface area contributed by atoms with E-state index in [9.17, 15) is 9.18 Å². The predicted molar refractivity (Wildman–Crippen MR) is 73.0 cm³/mol. The second-order valence-electron chi connectivity index (χ2n) is 4.62. The van der Waals surface area contributed by atoms with Crippen LogP contribution in [0.4, 0.5) is 9.18 Å². The van der Waals surface area contributed by atoms with Gasteiger partial charge in [0.2, 0.25) is 0 Å². The molecule has 0 aliphatic carbocycles. The van der Waals surface area contributed by atoms with Crippen molar-refractivity contribution in [2.24, 2.45) is 0 Å². The number of rotatable bonds is 2. The maximum atomic E-state index is 12.7. The summed E-state index contributed by atoms with van der Waals surface area (Å²) in [5, 5.41) is 2.72. The first-order chi connectivity index (χ1) is 9.15. The summed E-state index contributed by atoms with van der Waals surface area (Å²) in [6, 6.07) is 6.01. The lowest BCUT2D eigenvalue weighted by molar-refractivity contribution is 0.157. The first kappa shape index (κ1) is 13.5. The average molecular weight is 263 g/mol. The molecule has 0 saturated carbocycles. The summed E-state index contributed by atoms with van der Waals surface area (Å²) in [5.74, 6) is -0.265. The fraction of sp³-hybridized carbons (Fsp3) is 0.357. The number of nitrogens with zero attached hydrogens (tertiary/aromatic N) is 2. The molecule has 102 valence electrons. The number of amides is 2. The Morgan fingerprint density at radius 3 is 2.47 bits per heavy atom. The Hall–Kier alpha value is -1.88. The molecule has 1 N–H and O–H groups in total. The van der Waals surface area contributed by atoms with Gasteiger partial charge in [0, 0.05) is 32.4 Å². The lowest BCUT2D eigenvalue weighted by atomic mass is 10.2. The molecule has 0 spiro atoms. The van der Waals surface area contributed by atoms with Crippen LogP contribution in [0.3, 0.4) is 0 Å². The van der Waals surface area contributed by atoms with E-state index < -0.39 is 0 Å². The predicted octanol–water partition coefficient (Wildman–Crippen LogP) is 1.75. The number of carbonyl (C=O) groups excluding carboxylic acids is 1. The number of likely N-dealkylation sites (N-methyl/N-ethyl adjacent to an activating group) is 1. The topological polar surface area (TPSA) is 35.6 Å². The summed E-state index contributed by atoms with van der Waals surface area (Å²) >= 11 is 0. The van der Waals surface area contributed by atoms with Gasteiger partial charge >= 0.3 is 6.03 Å².